The Morgan fingerprint density at radius 2 is 1.85 bits per heavy atom. The molecule has 7 heteroatoms. The zero-order valence-corrected chi connectivity index (χ0v) is 12.0. The maximum Gasteiger partial charge on any atom is 0.276 e. The lowest BCUT2D eigenvalue weighted by Crippen LogP contribution is -2.50. The third-order valence-corrected chi connectivity index (χ3v) is 3.60. The zero-order valence-electron chi connectivity index (χ0n) is 12.0. The van der Waals surface area contributed by atoms with Crippen LogP contribution >= 0.6 is 0 Å². The van der Waals surface area contributed by atoms with Gasteiger partial charge in [0.05, 0.1) is 11.4 Å². The summed E-state index contributed by atoms with van der Waals surface area (Å²) in [7, 11) is 0. The van der Waals surface area contributed by atoms with Gasteiger partial charge in [0, 0.05) is 33.1 Å². The Hall–Kier alpha value is -2.05. The van der Waals surface area contributed by atoms with Crippen molar-refractivity contribution in [3.05, 3.63) is 11.4 Å². The molecule has 1 aliphatic heterocycles. The van der Waals surface area contributed by atoms with Gasteiger partial charge in [-0.1, -0.05) is 13.3 Å². The van der Waals surface area contributed by atoms with Crippen LogP contribution < -0.4 is 5.73 Å². The molecule has 1 saturated heterocycles. The number of hydrogen-bond donors (Lipinski definition) is 2. The number of nitrogens with zero attached hydrogens (tertiary/aromatic N) is 3. The fourth-order valence-corrected chi connectivity index (χ4v) is 2.36. The third kappa shape index (κ3) is 2.76. The van der Waals surface area contributed by atoms with Crippen molar-refractivity contribution in [3.8, 4) is 0 Å². The van der Waals surface area contributed by atoms with E-state index in [0.717, 1.165) is 18.5 Å². The minimum atomic E-state index is -0.163. The van der Waals surface area contributed by atoms with Crippen LogP contribution in [0.25, 0.3) is 0 Å². The minimum absolute atomic E-state index is 0.0432. The summed E-state index contributed by atoms with van der Waals surface area (Å²) in [4.78, 5) is 27.1. The second-order valence-electron chi connectivity index (χ2n) is 5.01. The highest BCUT2D eigenvalue weighted by atomic mass is 16.2. The van der Waals surface area contributed by atoms with Crippen molar-refractivity contribution in [2.75, 3.05) is 31.9 Å². The van der Waals surface area contributed by atoms with Crippen LogP contribution in [-0.4, -0.2) is 58.0 Å². The van der Waals surface area contributed by atoms with Crippen molar-refractivity contribution in [2.24, 2.45) is 0 Å². The molecule has 20 heavy (non-hydrogen) atoms. The molecule has 110 valence electrons. The van der Waals surface area contributed by atoms with E-state index >= 15 is 0 Å². The minimum Gasteiger partial charge on any atom is -0.395 e. The van der Waals surface area contributed by atoms with Crippen LogP contribution in [0.1, 0.15) is 36.5 Å². The summed E-state index contributed by atoms with van der Waals surface area (Å²) in [6.45, 7) is 5.76. The number of rotatable bonds is 3. The predicted octanol–water partition coefficient (Wildman–Crippen LogP) is 0.249. The summed E-state index contributed by atoms with van der Waals surface area (Å²) in [5.74, 6) is -0.120. The molecule has 1 aliphatic rings. The van der Waals surface area contributed by atoms with E-state index in [2.05, 4.69) is 10.2 Å². The highest BCUT2D eigenvalue weighted by molar-refractivity contribution is 5.97. The summed E-state index contributed by atoms with van der Waals surface area (Å²) in [6.07, 6.45) is 1.72. The first-order chi connectivity index (χ1) is 9.54. The maximum absolute atomic E-state index is 12.4. The SMILES string of the molecule is CCCc1[nH]nc(C(=O)N2CCN(C(C)=O)CC2)c1N. The fraction of sp³-hybridized carbons (Fsp3) is 0.615. The molecule has 0 unspecified atom stereocenters. The van der Waals surface area contributed by atoms with Crippen molar-refractivity contribution >= 4 is 17.5 Å². The molecule has 1 aromatic heterocycles. The summed E-state index contributed by atoms with van der Waals surface area (Å²) < 4.78 is 0. The fourth-order valence-electron chi connectivity index (χ4n) is 2.36. The number of aromatic amines is 1. The molecule has 7 nitrogen and oxygen atoms in total. The van der Waals surface area contributed by atoms with Crippen molar-refractivity contribution in [3.63, 3.8) is 0 Å². The quantitative estimate of drug-likeness (QED) is 0.829. The summed E-state index contributed by atoms with van der Waals surface area (Å²) in [5.41, 5.74) is 7.53. The van der Waals surface area contributed by atoms with Crippen LogP contribution in [0.4, 0.5) is 5.69 Å². The molecular formula is C13H21N5O2. The Labute approximate surface area is 118 Å². The molecule has 0 spiro atoms. The number of H-pyrrole nitrogens is 1. The van der Waals surface area contributed by atoms with E-state index in [1.807, 2.05) is 6.92 Å². The first-order valence-electron chi connectivity index (χ1n) is 6.92. The van der Waals surface area contributed by atoms with E-state index in [1.165, 1.54) is 0 Å². The number of nitrogens with two attached hydrogens (primary N) is 1. The average Bonchev–Trinajstić information content (AvgIpc) is 2.80. The summed E-state index contributed by atoms with van der Waals surface area (Å²) >= 11 is 0. The Balaban J connectivity index is 2.04. The molecule has 0 aliphatic carbocycles. The molecule has 2 amide bonds. The number of aromatic nitrogens is 2. The lowest BCUT2D eigenvalue weighted by Gasteiger charge is -2.33. The maximum atomic E-state index is 12.4. The van der Waals surface area contributed by atoms with Gasteiger partial charge in [-0.05, 0) is 6.42 Å². The van der Waals surface area contributed by atoms with Crippen LogP contribution in [0, 0.1) is 0 Å². The van der Waals surface area contributed by atoms with Gasteiger partial charge in [-0.25, -0.2) is 0 Å². The van der Waals surface area contributed by atoms with Crippen molar-refractivity contribution in [2.45, 2.75) is 26.7 Å². The van der Waals surface area contributed by atoms with Crippen molar-refractivity contribution in [1.29, 1.82) is 0 Å². The van der Waals surface area contributed by atoms with Gasteiger partial charge in [-0.15, -0.1) is 0 Å². The molecule has 3 N–H and O–H groups in total. The van der Waals surface area contributed by atoms with Crippen LogP contribution in [0.3, 0.4) is 0 Å². The number of aryl methyl sites for hydroxylation is 1. The van der Waals surface area contributed by atoms with E-state index in [0.29, 0.717) is 37.6 Å². The van der Waals surface area contributed by atoms with Crippen LogP contribution in [0.15, 0.2) is 0 Å². The second-order valence-corrected chi connectivity index (χ2v) is 5.01. The normalized spacial score (nSPS) is 15.5. The third-order valence-electron chi connectivity index (χ3n) is 3.60. The number of nitrogen functional groups attached to an aromatic ring is 1. The Morgan fingerprint density at radius 3 is 2.40 bits per heavy atom. The van der Waals surface area contributed by atoms with E-state index in [9.17, 15) is 9.59 Å². The van der Waals surface area contributed by atoms with Gasteiger partial charge in [0.15, 0.2) is 5.69 Å². The van der Waals surface area contributed by atoms with Crippen LogP contribution in [0.2, 0.25) is 0 Å². The highest BCUT2D eigenvalue weighted by Gasteiger charge is 2.26. The summed E-state index contributed by atoms with van der Waals surface area (Å²) in [6, 6.07) is 0. The smallest absolute Gasteiger partial charge is 0.276 e. The van der Waals surface area contributed by atoms with Crippen LogP contribution in [0.5, 0.6) is 0 Å². The first-order valence-corrected chi connectivity index (χ1v) is 6.92. The first kappa shape index (κ1) is 14.4. The standard InChI is InChI=1S/C13H21N5O2/c1-3-4-10-11(14)12(16-15-10)13(20)18-7-5-17(6-8-18)9(2)19/h3-8,14H2,1-2H3,(H,15,16). The molecule has 0 aromatic carbocycles. The van der Waals surface area contributed by atoms with Gasteiger partial charge in [0.25, 0.3) is 5.91 Å². The summed E-state index contributed by atoms with van der Waals surface area (Å²) in [5, 5.41) is 6.88. The predicted molar refractivity (Wildman–Crippen MR) is 75.2 cm³/mol. The Morgan fingerprint density at radius 1 is 1.25 bits per heavy atom. The van der Waals surface area contributed by atoms with Gasteiger partial charge < -0.3 is 15.5 Å². The molecule has 0 bridgehead atoms. The van der Waals surface area contributed by atoms with Crippen molar-refractivity contribution in [1.82, 2.24) is 20.0 Å². The van der Waals surface area contributed by atoms with E-state index in [1.54, 1.807) is 16.7 Å². The molecule has 0 radical (unpaired) electrons. The highest BCUT2D eigenvalue weighted by Crippen LogP contribution is 2.18. The number of hydrogen-bond acceptors (Lipinski definition) is 4. The van der Waals surface area contributed by atoms with Gasteiger partial charge in [0.1, 0.15) is 0 Å². The Bertz CT molecular complexity index is 503. The number of piperazine rings is 1. The Kier molecular flexibility index (Phi) is 4.26. The van der Waals surface area contributed by atoms with E-state index in [4.69, 9.17) is 5.73 Å². The molecule has 0 saturated carbocycles. The van der Waals surface area contributed by atoms with Crippen LogP contribution in [-0.2, 0) is 11.2 Å². The van der Waals surface area contributed by atoms with Gasteiger partial charge in [0.2, 0.25) is 5.91 Å². The molecule has 2 rings (SSSR count). The van der Waals surface area contributed by atoms with E-state index in [-0.39, 0.29) is 11.8 Å². The number of amides is 2. The monoisotopic (exact) mass is 279 g/mol. The number of carbonyl (C=O) groups is 2. The van der Waals surface area contributed by atoms with Gasteiger partial charge >= 0.3 is 0 Å². The lowest BCUT2D eigenvalue weighted by atomic mass is 10.2. The molecular weight excluding hydrogens is 258 g/mol. The molecule has 1 aromatic rings. The second kappa shape index (κ2) is 5.94. The number of nitrogens with one attached hydrogen (secondary N) is 1. The van der Waals surface area contributed by atoms with Gasteiger partial charge in [-0.2, -0.15) is 5.10 Å². The lowest BCUT2D eigenvalue weighted by molar-refractivity contribution is -0.130. The molecule has 2 heterocycles. The number of carbonyl (C=O) groups excluding carboxylic acids is 2. The van der Waals surface area contributed by atoms with Gasteiger partial charge in [-0.3, -0.25) is 14.7 Å². The largest absolute Gasteiger partial charge is 0.395 e. The zero-order chi connectivity index (χ0) is 14.7. The average molecular weight is 279 g/mol. The number of anilines is 1. The topological polar surface area (TPSA) is 95.3 Å². The molecule has 0 atom stereocenters. The van der Waals surface area contributed by atoms with Crippen molar-refractivity contribution < 1.29 is 9.59 Å². The van der Waals surface area contributed by atoms with E-state index < -0.39 is 0 Å². The molecule has 1 fully saturated rings.